The number of piperidine rings is 1. The van der Waals surface area contributed by atoms with Crippen molar-refractivity contribution in [1.82, 2.24) is 14.9 Å². The van der Waals surface area contributed by atoms with Gasteiger partial charge >= 0.3 is 0 Å². The molecule has 2 aromatic rings. The maximum absolute atomic E-state index is 4.22. The van der Waals surface area contributed by atoms with Gasteiger partial charge in [0.1, 0.15) is 0 Å². The maximum atomic E-state index is 4.22. The summed E-state index contributed by atoms with van der Waals surface area (Å²) in [5, 5.41) is 3.36. The van der Waals surface area contributed by atoms with Crippen LogP contribution >= 0.6 is 0 Å². The van der Waals surface area contributed by atoms with Crippen LogP contribution in [0.1, 0.15) is 18.4 Å². The number of nitrogens with one attached hydrogen (secondary N) is 1. The van der Waals surface area contributed by atoms with Crippen LogP contribution in [0.4, 0.5) is 5.95 Å². The molecule has 1 aliphatic rings. The van der Waals surface area contributed by atoms with E-state index < -0.39 is 0 Å². The highest BCUT2D eigenvalue weighted by Gasteiger charge is 2.19. The summed E-state index contributed by atoms with van der Waals surface area (Å²) in [5.74, 6) is 1.43. The Balaban J connectivity index is 1.43. The molecular formula is C18H24N4. The van der Waals surface area contributed by atoms with Crippen molar-refractivity contribution < 1.29 is 0 Å². The standard InChI is InChI=1S/C18H24N4/c1-2-6-16(7-3-1)9-13-22-12-4-8-17(15-22)14-21-18-19-10-5-11-20-18/h1-3,5-7,10-11,17H,4,8-9,12-15H2,(H,19,20,21)/t17-/m1/s1. The van der Waals surface area contributed by atoms with Gasteiger partial charge in [-0.15, -0.1) is 0 Å². The Morgan fingerprint density at radius 3 is 2.73 bits per heavy atom. The lowest BCUT2D eigenvalue weighted by Crippen LogP contribution is -2.39. The van der Waals surface area contributed by atoms with Crippen molar-refractivity contribution in [3.8, 4) is 0 Å². The van der Waals surface area contributed by atoms with E-state index in [2.05, 4.69) is 50.5 Å². The molecule has 0 aliphatic carbocycles. The Labute approximate surface area is 132 Å². The Morgan fingerprint density at radius 1 is 1.09 bits per heavy atom. The summed E-state index contributed by atoms with van der Waals surface area (Å²) in [7, 11) is 0. The van der Waals surface area contributed by atoms with Crippen molar-refractivity contribution in [3.05, 3.63) is 54.4 Å². The molecular weight excluding hydrogens is 272 g/mol. The van der Waals surface area contributed by atoms with Crippen LogP contribution in [0.2, 0.25) is 0 Å². The zero-order chi connectivity index (χ0) is 15.0. The Morgan fingerprint density at radius 2 is 1.91 bits per heavy atom. The normalized spacial score (nSPS) is 19.0. The zero-order valence-corrected chi connectivity index (χ0v) is 13.0. The summed E-state index contributed by atoms with van der Waals surface area (Å²) in [6, 6.07) is 12.6. The van der Waals surface area contributed by atoms with Crippen LogP contribution in [0.5, 0.6) is 0 Å². The number of likely N-dealkylation sites (tertiary alicyclic amines) is 1. The van der Waals surface area contributed by atoms with Gasteiger partial charge < -0.3 is 10.2 Å². The van der Waals surface area contributed by atoms with Crippen molar-refractivity contribution in [2.24, 2.45) is 5.92 Å². The van der Waals surface area contributed by atoms with Gasteiger partial charge in [0, 0.05) is 32.0 Å². The maximum Gasteiger partial charge on any atom is 0.222 e. The van der Waals surface area contributed by atoms with Gasteiger partial charge in [-0.2, -0.15) is 0 Å². The smallest absolute Gasteiger partial charge is 0.222 e. The van der Waals surface area contributed by atoms with Crippen LogP contribution in [0, 0.1) is 5.92 Å². The molecule has 1 fully saturated rings. The molecule has 1 N–H and O–H groups in total. The predicted molar refractivity (Wildman–Crippen MR) is 89.8 cm³/mol. The van der Waals surface area contributed by atoms with Crippen LogP contribution in [0.3, 0.4) is 0 Å². The molecule has 0 radical (unpaired) electrons. The third-order valence-corrected chi connectivity index (χ3v) is 4.28. The van der Waals surface area contributed by atoms with Crippen molar-refractivity contribution >= 4 is 5.95 Å². The molecule has 1 saturated heterocycles. The topological polar surface area (TPSA) is 41.0 Å². The van der Waals surface area contributed by atoms with Gasteiger partial charge in [-0.25, -0.2) is 9.97 Å². The predicted octanol–water partition coefficient (Wildman–Crippen LogP) is 2.84. The molecule has 4 nitrogen and oxygen atoms in total. The molecule has 4 heteroatoms. The van der Waals surface area contributed by atoms with Crippen molar-refractivity contribution in [2.45, 2.75) is 19.3 Å². The van der Waals surface area contributed by atoms with E-state index in [0.717, 1.165) is 25.5 Å². The molecule has 0 spiro atoms. The molecule has 3 rings (SSSR count). The van der Waals surface area contributed by atoms with E-state index in [-0.39, 0.29) is 0 Å². The van der Waals surface area contributed by atoms with E-state index in [9.17, 15) is 0 Å². The molecule has 0 saturated carbocycles. The first kappa shape index (κ1) is 15.0. The second-order valence-electron chi connectivity index (χ2n) is 6.00. The van der Waals surface area contributed by atoms with Gasteiger partial charge in [-0.3, -0.25) is 0 Å². The minimum absolute atomic E-state index is 0.688. The monoisotopic (exact) mass is 296 g/mol. The largest absolute Gasteiger partial charge is 0.354 e. The van der Waals surface area contributed by atoms with Gasteiger partial charge in [0.05, 0.1) is 0 Å². The van der Waals surface area contributed by atoms with E-state index in [1.54, 1.807) is 12.4 Å². The number of hydrogen-bond donors (Lipinski definition) is 1. The first-order valence-corrected chi connectivity index (χ1v) is 8.17. The summed E-state index contributed by atoms with van der Waals surface area (Å²) in [6.07, 6.45) is 7.28. The van der Waals surface area contributed by atoms with Gasteiger partial charge in [0.15, 0.2) is 0 Å². The zero-order valence-electron chi connectivity index (χ0n) is 13.0. The van der Waals surface area contributed by atoms with Crippen LogP contribution in [-0.2, 0) is 6.42 Å². The van der Waals surface area contributed by atoms with Gasteiger partial charge in [0.25, 0.3) is 0 Å². The summed E-state index contributed by atoms with van der Waals surface area (Å²) in [5.41, 5.74) is 1.43. The van der Waals surface area contributed by atoms with E-state index in [4.69, 9.17) is 0 Å². The molecule has 1 aromatic carbocycles. The van der Waals surface area contributed by atoms with Gasteiger partial charge in [0.2, 0.25) is 5.95 Å². The highest BCUT2D eigenvalue weighted by atomic mass is 15.1. The van der Waals surface area contributed by atoms with E-state index in [1.165, 1.54) is 31.5 Å². The average Bonchev–Trinajstić information content (AvgIpc) is 2.60. The molecule has 22 heavy (non-hydrogen) atoms. The molecule has 1 aromatic heterocycles. The Hall–Kier alpha value is -1.94. The fourth-order valence-electron chi connectivity index (χ4n) is 3.08. The van der Waals surface area contributed by atoms with Crippen LogP contribution in [0.25, 0.3) is 0 Å². The molecule has 0 unspecified atom stereocenters. The minimum atomic E-state index is 0.688. The Bertz CT molecular complexity index is 494. The second-order valence-corrected chi connectivity index (χ2v) is 6.00. The highest BCUT2D eigenvalue weighted by Crippen LogP contribution is 2.17. The number of anilines is 1. The first-order valence-electron chi connectivity index (χ1n) is 8.17. The van der Waals surface area contributed by atoms with Crippen molar-refractivity contribution in [2.75, 3.05) is 31.5 Å². The lowest BCUT2D eigenvalue weighted by atomic mass is 9.97. The molecule has 0 amide bonds. The van der Waals surface area contributed by atoms with E-state index in [1.807, 2.05) is 6.07 Å². The van der Waals surface area contributed by atoms with Crippen molar-refractivity contribution in [1.29, 1.82) is 0 Å². The molecule has 2 heterocycles. The number of nitrogens with zero attached hydrogens (tertiary/aromatic N) is 3. The lowest BCUT2D eigenvalue weighted by Gasteiger charge is -2.32. The van der Waals surface area contributed by atoms with Crippen LogP contribution in [0.15, 0.2) is 48.8 Å². The number of benzene rings is 1. The van der Waals surface area contributed by atoms with Crippen molar-refractivity contribution in [3.63, 3.8) is 0 Å². The number of aromatic nitrogens is 2. The van der Waals surface area contributed by atoms with Crippen LogP contribution in [-0.4, -0.2) is 41.0 Å². The summed E-state index contributed by atoms with van der Waals surface area (Å²) >= 11 is 0. The fourth-order valence-corrected chi connectivity index (χ4v) is 3.08. The third-order valence-electron chi connectivity index (χ3n) is 4.28. The molecule has 1 aliphatic heterocycles. The van der Waals surface area contributed by atoms with Gasteiger partial charge in [-0.05, 0) is 43.4 Å². The summed E-state index contributed by atoms with van der Waals surface area (Å²) < 4.78 is 0. The molecule has 116 valence electrons. The number of hydrogen-bond acceptors (Lipinski definition) is 4. The third kappa shape index (κ3) is 4.53. The highest BCUT2D eigenvalue weighted by molar-refractivity contribution is 5.22. The summed E-state index contributed by atoms with van der Waals surface area (Å²) in [6.45, 7) is 4.52. The second kappa shape index (κ2) is 7.90. The fraction of sp³-hybridized carbons (Fsp3) is 0.444. The van der Waals surface area contributed by atoms with Crippen LogP contribution < -0.4 is 5.32 Å². The Kier molecular flexibility index (Phi) is 5.37. The quantitative estimate of drug-likeness (QED) is 0.890. The first-order chi connectivity index (χ1) is 10.9. The average molecular weight is 296 g/mol. The SMILES string of the molecule is c1ccc(CCN2CCC[C@H](CNc3ncccn3)C2)cc1. The lowest BCUT2D eigenvalue weighted by molar-refractivity contribution is 0.182. The van der Waals surface area contributed by atoms with Gasteiger partial charge in [-0.1, -0.05) is 30.3 Å². The molecule has 1 atom stereocenters. The summed E-state index contributed by atoms with van der Waals surface area (Å²) in [4.78, 5) is 11.0. The molecule has 0 bridgehead atoms. The number of rotatable bonds is 6. The van der Waals surface area contributed by atoms with E-state index >= 15 is 0 Å². The minimum Gasteiger partial charge on any atom is -0.354 e. The van der Waals surface area contributed by atoms with E-state index in [0.29, 0.717) is 5.92 Å².